The molecule has 1 saturated heterocycles. The van der Waals surface area contributed by atoms with Crippen LogP contribution in [-0.2, 0) is 6.54 Å². The highest BCUT2D eigenvalue weighted by atomic mass is 16.4. The van der Waals surface area contributed by atoms with Gasteiger partial charge in [0.15, 0.2) is 0 Å². The van der Waals surface area contributed by atoms with Crippen molar-refractivity contribution in [2.24, 2.45) is 5.92 Å². The smallest absolute Gasteiger partial charge is 0.208 e. The van der Waals surface area contributed by atoms with Gasteiger partial charge in [0.05, 0.1) is 12.2 Å². The zero-order chi connectivity index (χ0) is 13.3. The molecule has 2 unspecified atom stereocenters. The van der Waals surface area contributed by atoms with Gasteiger partial charge in [0.1, 0.15) is 5.76 Å². The van der Waals surface area contributed by atoms with Gasteiger partial charge in [-0.3, -0.25) is 4.90 Å². The van der Waals surface area contributed by atoms with Crippen molar-refractivity contribution in [1.29, 1.82) is 0 Å². The summed E-state index contributed by atoms with van der Waals surface area (Å²) in [4.78, 5) is 6.94. The van der Waals surface area contributed by atoms with Gasteiger partial charge in [0.25, 0.3) is 0 Å². The average molecular weight is 251 g/mol. The summed E-state index contributed by atoms with van der Waals surface area (Å²) in [5, 5.41) is 3.61. The van der Waals surface area contributed by atoms with Gasteiger partial charge in [0, 0.05) is 25.2 Å². The molecule has 0 bridgehead atoms. The molecule has 2 atom stereocenters. The van der Waals surface area contributed by atoms with Crippen LogP contribution in [0.4, 0.5) is 0 Å². The second kappa shape index (κ2) is 5.41. The first kappa shape index (κ1) is 13.6. The quantitative estimate of drug-likeness (QED) is 0.893. The molecular formula is C14H25N3O. The van der Waals surface area contributed by atoms with Gasteiger partial charge < -0.3 is 9.73 Å². The number of nitrogens with one attached hydrogen (secondary N) is 1. The van der Waals surface area contributed by atoms with E-state index in [1.807, 2.05) is 13.8 Å². The lowest BCUT2D eigenvalue weighted by molar-refractivity contribution is 0.106. The minimum atomic E-state index is 0.535. The molecule has 2 heterocycles. The maximum absolute atomic E-state index is 5.69. The van der Waals surface area contributed by atoms with Gasteiger partial charge in [-0.05, 0) is 26.7 Å². The second-order valence-electron chi connectivity index (χ2n) is 5.79. The summed E-state index contributed by atoms with van der Waals surface area (Å²) in [5.41, 5.74) is 1.01. The number of hydrogen-bond donors (Lipinski definition) is 1. The molecule has 1 fully saturated rings. The molecule has 1 aromatic heterocycles. The first-order valence-corrected chi connectivity index (χ1v) is 6.87. The minimum Gasteiger partial charge on any atom is -0.444 e. The molecule has 18 heavy (non-hydrogen) atoms. The van der Waals surface area contributed by atoms with Crippen LogP contribution in [0.25, 0.3) is 0 Å². The molecule has 0 saturated carbocycles. The Balaban J connectivity index is 2.02. The highest BCUT2D eigenvalue weighted by Crippen LogP contribution is 2.17. The SMILES string of the molecule is Cc1nc(CN2CC(C(C)C)NCC2C)oc1C. The number of hydrogen-bond acceptors (Lipinski definition) is 4. The van der Waals surface area contributed by atoms with E-state index in [9.17, 15) is 0 Å². The van der Waals surface area contributed by atoms with Crippen LogP contribution in [0.2, 0.25) is 0 Å². The zero-order valence-corrected chi connectivity index (χ0v) is 12.2. The van der Waals surface area contributed by atoms with E-state index < -0.39 is 0 Å². The first-order chi connectivity index (χ1) is 8.47. The van der Waals surface area contributed by atoms with Gasteiger partial charge in [-0.15, -0.1) is 0 Å². The van der Waals surface area contributed by atoms with Gasteiger partial charge in [-0.25, -0.2) is 4.98 Å². The number of nitrogens with zero attached hydrogens (tertiary/aromatic N) is 2. The molecule has 0 aromatic carbocycles. The Hall–Kier alpha value is -0.870. The van der Waals surface area contributed by atoms with E-state index in [1.165, 1.54) is 0 Å². The first-order valence-electron chi connectivity index (χ1n) is 6.87. The average Bonchev–Trinajstić information content (AvgIpc) is 2.61. The van der Waals surface area contributed by atoms with Crippen LogP contribution in [0, 0.1) is 19.8 Å². The van der Waals surface area contributed by atoms with Crippen molar-refractivity contribution in [2.45, 2.75) is 53.2 Å². The molecule has 1 aromatic rings. The summed E-state index contributed by atoms with van der Waals surface area (Å²) in [5.74, 6) is 2.45. The maximum Gasteiger partial charge on any atom is 0.208 e. The fourth-order valence-electron chi connectivity index (χ4n) is 2.40. The van der Waals surface area contributed by atoms with Crippen molar-refractivity contribution < 1.29 is 4.42 Å². The second-order valence-corrected chi connectivity index (χ2v) is 5.79. The van der Waals surface area contributed by atoms with Gasteiger partial charge >= 0.3 is 0 Å². The van der Waals surface area contributed by atoms with Crippen LogP contribution in [0.1, 0.15) is 38.1 Å². The van der Waals surface area contributed by atoms with Crippen LogP contribution >= 0.6 is 0 Å². The number of aromatic nitrogens is 1. The van der Waals surface area contributed by atoms with Crippen molar-refractivity contribution in [3.05, 3.63) is 17.3 Å². The van der Waals surface area contributed by atoms with Crippen molar-refractivity contribution in [3.8, 4) is 0 Å². The predicted octanol–water partition coefficient (Wildman–Crippen LogP) is 2.11. The van der Waals surface area contributed by atoms with Crippen LogP contribution in [0.3, 0.4) is 0 Å². The molecule has 2 rings (SSSR count). The number of oxazole rings is 1. The van der Waals surface area contributed by atoms with Crippen molar-refractivity contribution in [2.75, 3.05) is 13.1 Å². The molecular weight excluding hydrogens is 226 g/mol. The van der Waals surface area contributed by atoms with E-state index >= 15 is 0 Å². The molecule has 102 valence electrons. The summed E-state index contributed by atoms with van der Waals surface area (Å²) >= 11 is 0. The number of piperazine rings is 1. The number of aryl methyl sites for hydroxylation is 2. The highest BCUT2D eigenvalue weighted by Gasteiger charge is 2.27. The van der Waals surface area contributed by atoms with E-state index in [1.54, 1.807) is 0 Å². The Morgan fingerprint density at radius 3 is 2.72 bits per heavy atom. The maximum atomic E-state index is 5.69. The van der Waals surface area contributed by atoms with Crippen LogP contribution in [-0.4, -0.2) is 35.1 Å². The normalized spacial score (nSPS) is 25.9. The summed E-state index contributed by atoms with van der Waals surface area (Å²) in [6.07, 6.45) is 0. The van der Waals surface area contributed by atoms with Gasteiger partial charge in [-0.2, -0.15) is 0 Å². The Bertz CT molecular complexity index is 380. The van der Waals surface area contributed by atoms with Crippen LogP contribution in [0.15, 0.2) is 4.42 Å². The van der Waals surface area contributed by atoms with Crippen molar-refractivity contribution in [3.63, 3.8) is 0 Å². The molecule has 0 spiro atoms. The van der Waals surface area contributed by atoms with Crippen molar-refractivity contribution >= 4 is 0 Å². The van der Waals surface area contributed by atoms with Gasteiger partial charge in [0.2, 0.25) is 5.89 Å². The third kappa shape index (κ3) is 2.93. The third-order valence-corrected chi connectivity index (χ3v) is 3.95. The summed E-state index contributed by atoms with van der Waals surface area (Å²) in [7, 11) is 0. The van der Waals surface area contributed by atoms with E-state index in [0.717, 1.165) is 37.0 Å². The fraction of sp³-hybridized carbons (Fsp3) is 0.786. The number of rotatable bonds is 3. The van der Waals surface area contributed by atoms with E-state index in [4.69, 9.17) is 4.42 Å². The molecule has 4 heteroatoms. The van der Waals surface area contributed by atoms with Crippen LogP contribution < -0.4 is 5.32 Å². The lowest BCUT2D eigenvalue weighted by atomic mass is 10.00. The largest absolute Gasteiger partial charge is 0.444 e. The topological polar surface area (TPSA) is 41.3 Å². The molecule has 1 aliphatic heterocycles. The highest BCUT2D eigenvalue weighted by molar-refractivity contribution is 5.05. The summed E-state index contributed by atoms with van der Waals surface area (Å²) in [6, 6.07) is 1.10. The van der Waals surface area contributed by atoms with Crippen molar-refractivity contribution in [1.82, 2.24) is 15.2 Å². The third-order valence-electron chi connectivity index (χ3n) is 3.95. The van der Waals surface area contributed by atoms with E-state index in [0.29, 0.717) is 18.0 Å². The zero-order valence-electron chi connectivity index (χ0n) is 12.2. The molecule has 4 nitrogen and oxygen atoms in total. The van der Waals surface area contributed by atoms with E-state index in [-0.39, 0.29) is 0 Å². The lowest BCUT2D eigenvalue weighted by Gasteiger charge is -2.39. The monoisotopic (exact) mass is 251 g/mol. The summed E-state index contributed by atoms with van der Waals surface area (Å²) in [6.45, 7) is 13.7. The Morgan fingerprint density at radius 1 is 1.44 bits per heavy atom. The predicted molar refractivity (Wildman–Crippen MR) is 72.5 cm³/mol. The standard InChI is InChI=1S/C14H25N3O/c1-9(2)13-7-17(10(3)6-15-13)8-14-16-11(4)12(5)18-14/h9-10,13,15H,6-8H2,1-5H3. The molecule has 1 aliphatic rings. The lowest BCUT2D eigenvalue weighted by Crippen LogP contribution is -2.56. The van der Waals surface area contributed by atoms with E-state index in [2.05, 4.69) is 36.0 Å². The summed E-state index contributed by atoms with van der Waals surface area (Å²) < 4.78 is 5.69. The Morgan fingerprint density at radius 2 is 2.17 bits per heavy atom. The van der Waals surface area contributed by atoms with Crippen LogP contribution in [0.5, 0.6) is 0 Å². The minimum absolute atomic E-state index is 0.535. The fourth-order valence-corrected chi connectivity index (χ4v) is 2.40. The molecule has 0 aliphatic carbocycles. The molecule has 0 radical (unpaired) electrons. The molecule has 0 amide bonds. The van der Waals surface area contributed by atoms with Gasteiger partial charge in [-0.1, -0.05) is 13.8 Å². The Labute approximate surface area is 110 Å². The Kier molecular flexibility index (Phi) is 4.07. The molecule has 1 N–H and O–H groups in total.